The van der Waals surface area contributed by atoms with Gasteiger partial charge in [-0.05, 0) is 50.5 Å². The molecule has 3 nitrogen and oxygen atoms in total. The molecule has 0 radical (unpaired) electrons. The van der Waals surface area contributed by atoms with Crippen molar-refractivity contribution in [3.05, 3.63) is 89.0 Å². The van der Waals surface area contributed by atoms with E-state index in [1.807, 2.05) is 36.4 Å². The molecule has 4 heteroatoms. The zero-order valence-corrected chi connectivity index (χ0v) is 19.9. The molecular formula is C28H30ClNO2. The molecule has 0 bridgehead atoms. The van der Waals surface area contributed by atoms with E-state index in [0.29, 0.717) is 6.61 Å². The van der Waals surface area contributed by atoms with Crippen LogP contribution in [0.3, 0.4) is 0 Å². The molecule has 1 aliphatic rings. The Kier molecular flexibility index (Phi) is 6.59. The van der Waals surface area contributed by atoms with Crippen LogP contribution in [0.2, 0.25) is 5.02 Å². The maximum Gasteiger partial charge on any atom is 0.126 e. The maximum atomic E-state index is 6.31. The summed E-state index contributed by atoms with van der Waals surface area (Å²) in [6.07, 6.45) is 3.01. The number of benzene rings is 3. The van der Waals surface area contributed by atoms with Gasteiger partial charge in [0.05, 0.1) is 31.0 Å². The van der Waals surface area contributed by atoms with Crippen LogP contribution in [-0.4, -0.2) is 25.4 Å². The Morgan fingerprint density at radius 3 is 2.38 bits per heavy atom. The fourth-order valence-corrected chi connectivity index (χ4v) is 4.55. The molecule has 0 fully saturated rings. The van der Waals surface area contributed by atoms with Gasteiger partial charge in [-0.15, -0.1) is 0 Å². The molecule has 1 atom stereocenters. The van der Waals surface area contributed by atoms with Crippen molar-refractivity contribution < 1.29 is 9.47 Å². The second-order valence-electron chi connectivity index (χ2n) is 8.73. The third kappa shape index (κ3) is 4.69. The summed E-state index contributed by atoms with van der Waals surface area (Å²) in [6, 6.07) is 22.5. The van der Waals surface area contributed by atoms with Gasteiger partial charge in [-0.3, -0.25) is 0 Å². The third-order valence-corrected chi connectivity index (χ3v) is 6.24. The Morgan fingerprint density at radius 1 is 0.906 bits per heavy atom. The van der Waals surface area contributed by atoms with E-state index < -0.39 is 0 Å². The molecule has 1 heterocycles. The van der Waals surface area contributed by atoms with E-state index in [9.17, 15) is 0 Å². The Bertz CT molecular complexity index is 1140. The Labute approximate surface area is 196 Å². The molecule has 1 aliphatic heterocycles. The normalized spacial score (nSPS) is 15.3. The van der Waals surface area contributed by atoms with E-state index >= 15 is 0 Å². The van der Waals surface area contributed by atoms with Crippen molar-refractivity contribution in [2.45, 2.75) is 38.8 Å². The summed E-state index contributed by atoms with van der Waals surface area (Å²) in [7, 11) is 1.71. The second-order valence-corrected chi connectivity index (χ2v) is 9.14. The SMILES string of the molecule is COc1ccccc1-c1cccc2c1NC(C)(C)C=C2C(C)OCCc1ccccc1Cl. The number of fused-ring (bicyclic) bond motifs is 1. The number of para-hydroxylation sites is 2. The van der Waals surface area contributed by atoms with Crippen LogP contribution < -0.4 is 10.1 Å². The first kappa shape index (κ1) is 22.4. The summed E-state index contributed by atoms with van der Waals surface area (Å²) in [5, 5.41) is 4.51. The maximum absolute atomic E-state index is 6.31. The highest BCUT2D eigenvalue weighted by Gasteiger charge is 2.29. The summed E-state index contributed by atoms with van der Waals surface area (Å²) in [4.78, 5) is 0. The predicted octanol–water partition coefficient (Wildman–Crippen LogP) is 7.25. The quantitative estimate of drug-likeness (QED) is 0.413. The molecule has 0 aliphatic carbocycles. The molecule has 0 saturated heterocycles. The minimum atomic E-state index is -0.208. The highest BCUT2D eigenvalue weighted by atomic mass is 35.5. The van der Waals surface area contributed by atoms with E-state index in [0.717, 1.165) is 45.1 Å². The molecule has 32 heavy (non-hydrogen) atoms. The molecule has 1 N–H and O–H groups in total. The summed E-state index contributed by atoms with van der Waals surface area (Å²) < 4.78 is 11.9. The largest absolute Gasteiger partial charge is 0.496 e. The number of halogens is 1. The van der Waals surface area contributed by atoms with E-state index in [4.69, 9.17) is 21.1 Å². The van der Waals surface area contributed by atoms with Gasteiger partial charge < -0.3 is 14.8 Å². The van der Waals surface area contributed by atoms with Crippen molar-refractivity contribution in [3.63, 3.8) is 0 Å². The molecule has 0 saturated carbocycles. The number of rotatable bonds is 7. The number of hydrogen-bond acceptors (Lipinski definition) is 3. The van der Waals surface area contributed by atoms with Gasteiger partial charge >= 0.3 is 0 Å². The van der Waals surface area contributed by atoms with Gasteiger partial charge in [0.2, 0.25) is 0 Å². The minimum absolute atomic E-state index is 0.0504. The van der Waals surface area contributed by atoms with Gasteiger partial charge in [0.25, 0.3) is 0 Å². The molecule has 0 aromatic heterocycles. The van der Waals surface area contributed by atoms with Crippen LogP contribution in [0.5, 0.6) is 5.75 Å². The molecule has 1 unspecified atom stereocenters. The van der Waals surface area contributed by atoms with Crippen molar-refractivity contribution in [2.75, 3.05) is 19.0 Å². The van der Waals surface area contributed by atoms with Crippen LogP contribution in [0.15, 0.2) is 72.8 Å². The molecular weight excluding hydrogens is 418 g/mol. The van der Waals surface area contributed by atoms with E-state index in [1.165, 1.54) is 5.57 Å². The Hall–Kier alpha value is -2.75. The van der Waals surface area contributed by atoms with E-state index in [2.05, 4.69) is 62.5 Å². The van der Waals surface area contributed by atoms with Crippen LogP contribution in [-0.2, 0) is 11.2 Å². The fraction of sp³-hybridized carbons (Fsp3) is 0.286. The molecule has 4 rings (SSSR count). The van der Waals surface area contributed by atoms with Gasteiger partial charge in [0, 0.05) is 21.7 Å². The summed E-state index contributed by atoms with van der Waals surface area (Å²) in [5.41, 5.74) is 6.57. The first-order valence-electron chi connectivity index (χ1n) is 11.0. The van der Waals surface area contributed by atoms with Gasteiger partial charge in [0.1, 0.15) is 5.75 Å². The summed E-state index contributed by atoms with van der Waals surface area (Å²) in [5.74, 6) is 0.862. The molecule has 166 valence electrons. The third-order valence-electron chi connectivity index (χ3n) is 5.87. The van der Waals surface area contributed by atoms with Crippen molar-refractivity contribution in [1.82, 2.24) is 0 Å². The van der Waals surface area contributed by atoms with Crippen molar-refractivity contribution in [2.24, 2.45) is 0 Å². The van der Waals surface area contributed by atoms with Gasteiger partial charge in [0.15, 0.2) is 0 Å². The van der Waals surface area contributed by atoms with Gasteiger partial charge in [-0.1, -0.05) is 72.3 Å². The van der Waals surface area contributed by atoms with Gasteiger partial charge in [-0.25, -0.2) is 0 Å². The fourth-order valence-electron chi connectivity index (χ4n) is 4.32. The van der Waals surface area contributed by atoms with Crippen LogP contribution in [0.1, 0.15) is 31.9 Å². The van der Waals surface area contributed by atoms with Crippen molar-refractivity contribution in [3.8, 4) is 16.9 Å². The van der Waals surface area contributed by atoms with E-state index in [1.54, 1.807) is 7.11 Å². The molecule has 3 aromatic rings. The lowest BCUT2D eigenvalue weighted by molar-refractivity contribution is 0.106. The topological polar surface area (TPSA) is 30.5 Å². The average Bonchev–Trinajstić information content (AvgIpc) is 2.78. The summed E-state index contributed by atoms with van der Waals surface area (Å²) in [6.45, 7) is 7.10. The average molecular weight is 448 g/mol. The Balaban J connectivity index is 1.63. The van der Waals surface area contributed by atoms with Crippen LogP contribution in [0.4, 0.5) is 5.69 Å². The lowest BCUT2D eigenvalue weighted by atomic mass is 9.85. The number of nitrogens with one attached hydrogen (secondary N) is 1. The monoisotopic (exact) mass is 447 g/mol. The van der Waals surface area contributed by atoms with Crippen LogP contribution in [0.25, 0.3) is 16.7 Å². The number of methoxy groups -OCH3 is 1. The van der Waals surface area contributed by atoms with Crippen molar-refractivity contribution in [1.29, 1.82) is 0 Å². The lowest BCUT2D eigenvalue weighted by Crippen LogP contribution is -2.34. The predicted molar refractivity (Wildman–Crippen MR) is 135 cm³/mol. The highest BCUT2D eigenvalue weighted by molar-refractivity contribution is 6.31. The highest BCUT2D eigenvalue weighted by Crippen LogP contribution is 2.44. The number of ether oxygens (including phenoxy) is 2. The van der Waals surface area contributed by atoms with E-state index in [-0.39, 0.29) is 11.6 Å². The van der Waals surface area contributed by atoms with Gasteiger partial charge in [-0.2, -0.15) is 0 Å². The van der Waals surface area contributed by atoms with Crippen LogP contribution in [0, 0.1) is 0 Å². The minimum Gasteiger partial charge on any atom is -0.496 e. The first-order valence-corrected chi connectivity index (χ1v) is 11.4. The lowest BCUT2D eigenvalue weighted by Gasteiger charge is -2.35. The summed E-state index contributed by atoms with van der Waals surface area (Å²) >= 11 is 6.31. The standard InChI is InChI=1S/C28H30ClNO2/c1-19(32-17-16-20-10-5-7-14-25(20)29)24-18-28(2,3)30-27-22(12-9-13-23(24)27)21-11-6-8-15-26(21)31-4/h5-15,18-19,30H,16-17H2,1-4H3. The smallest absolute Gasteiger partial charge is 0.126 e. The zero-order chi connectivity index (χ0) is 22.7. The number of hydrogen-bond donors (Lipinski definition) is 1. The molecule has 3 aromatic carbocycles. The Morgan fingerprint density at radius 2 is 1.59 bits per heavy atom. The van der Waals surface area contributed by atoms with Crippen molar-refractivity contribution >= 4 is 22.9 Å². The molecule has 0 amide bonds. The second kappa shape index (κ2) is 9.40. The first-order chi connectivity index (χ1) is 15.4. The molecule has 0 spiro atoms. The zero-order valence-electron chi connectivity index (χ0n) is 19.1. The number of anilines is 1. The van der Waals surface area contributed by atoms with Crippen LogP contribution >= 0.6 is 11.6 Å².